The third-order valence-corrected chi connectivity index (χ3v) is 2.60. The summed E-state index contributed by atoms with van der Waals surface area (Å²) in [6, 6.07) is 3.64. The molecule has 0 saturated heterocycles. The first-order valence-corrected chi connectivity index (χ1v) is 6.21. The normalized spacial score (nSPS) is 12.0. The zero-order valence-corrected chi connectivity index (χ0v) is 11.3. The fourth-order valence-corrected chi connectivity index (χ4v) is 1.65. The summed E-state index contributed by atoms with van der Waals surface area (Å²) in [5.74, 6) is 0.797. The lowest BCUT2D eigenvalue weighted by atomic mass is 10.1. The van der Waals surface area contributed by atoms with Gasteiger partial charge < -0.3 is 16.0 Å². The Morgan fingerprint density at radius 3 is 2.72 bits per heavy atom. The number of hydrogen-bond donors (Lipinski definition) is 2. The van der Waals surface area contributed by atoms with E-state index in [1.807, 2.05) is 31.1 Å². The fourth-order valence-electron chi connectivity index (χ4n) is 1.65. The largest absolute Gasteiger partial charge is 0.363 e. The molecule has 18 heavy (non-hydrogen) atoms. The summed E-state index contributed by atoms with van der Waals surface area (Å²) < 4.78 is 0. The third-order valence-electron chi connectivity index (χ3n) is 2.60. The van der Waals surface area contributed by atoms with Gasteiger partial charge in [0.05, 0.1) is 11.9 Å². The molecule has 0 fully saturated rings. The van der Waals surface area contributed by atoms with Crippen molar-refractivity contribution < 1.29 is 4.79 Å². The van der Waals surface area contributed by atoms with Crippen LogP contribution >= 0.6 is 0 Å². The second-order valence-electron chi connectivity index (χ2n) is 4.60. The molecule has 1 amide bonds. The van der Waals surface area contributed by atoms with Crippen molar-refractivity contribution in [2.75, 3.05) is 24.3 Å². The van der Waals surface area contributed by atoms with Crippen LogP contribution in [0.2, 0.25) is 0 Å². The number of anilines is 2. The van der Waals surface area contributed by atoms with Crippen LogP contribution in [0.15, 0.2) is 18.3 Å². The monoisotopic (exact) mass is 250 g/mol. The molecule has 0 aliphatic carbocycles. The van der Waals surface area contributed by atoms with E-state index in [0.29, 0.717) is 12.1 Å². The molecule has 5 heteroatoms. The molecule has 0 radical (unpaired) electrons. The van der Waals surface area contributed by atoms with Gasteiger partial charge in [0, 0.05) is 26.6 Å². The van der Waals surface area contributed by atoms with Crippen LogP contribution in [0.5, 0.6) is 0 Å². The van der Waals surface area contributed by atoms with E-state index in [9.17, 15) is 4.79 Å². The number of hydrogen-bond acceptors (Lipinski definition) is 4. The maximum atomic E-state index is 11.7. The lowest BCUT2D eigenvalue weighted by Gasteiger charge is -2.13. The minimum atomic E-state index is -0.0657. The molecule has 1 aromatic rings. The highest BCUT2D eigenvalue weighted by Crippen LogP contribution is 2.12. The van der Waals surface area contributed by atoms with E-state index in [1.165, 1.54) is 0 Å². The smallest absolute Gasteiger partial charge is 0.225 e. The van der Waals surface area contributed by atoms with E-state index >= 15 is 0 Å². The molecule has 0 aliphatic rings. The van der Waals surface area contributed by atoms with Gasteiger partial charge in [0.25, 0.3) is 0 Å². The summed E-state index contributed by atoms with van der Waals surface area (Å²) in [6.07, 6.45) is 3.86. The van der Waals surface area contributed by atoms with Crippen molar-refractivity contribution in [3.63, 3.8) is 0 Å². The number of aromatic nitrogens is 1. The van der Waals surface area contributed by atoms with E-state index in [4.69, 9.17) is 5.73 Å². The van der Waals surface area contributed by atoms with Crippen LogP contribution in [-0.4, -0.2) is 31.0 Å². The van der Waals surface area contributed by atoms with Gasteiger partial charge in [-0.15, -0.1) is 0 Å². The molecule has 0 spiro atoms. The SMILES string of the molecule is CCCC(N)CC(=O)Nc1ccc(N(C)C)nc1. The van der Waals surface area contributed by atoms with Crippen LogP contribution in [0, 0.1) is 0 Å². The summed E-state index contributed by atoms with van der Waals surface area (Å²) in [7, 11) is 3.84. The Kier molecular flexibility index (Phi) is 5.58. The lowest BCUT2D eigenvalue weighted by molar-refractivity contribution is -0.116. The van der Waals surface area contributed by atoms with Gasteiger partial charge in [-0.1, -0.05) is 13.3 Å². The third kappa shape index (κ3) is 4.71. The average molecular weight is 250 g/mol. The second-order valence-corrected chi connectivity index (χ2v) is 4.60. The predicted molar refractivity (Wildman–Crippen MR) is 74.7 cm³/mol. The molecule has 3 N–H and O–H groups in total. The van der Waals surface area contributed by atoms with Gasteiger partial charge in [-0.05, 0) is 18.6 Å². The van der Waals surface area contributed by atoms with Gasteiger partial charge in [0.1, 0.15) is 5.82 Å². The van der Waals surface area contributed by atoms with Gasteiger partial charge in [-0.2, -0.15) is 0 Å². The number of amides is 1. The molecule has 100 valence electrons. The van der Waals surface area contributed by atoms with E-state index in [1.54, 1.807) is 6.20 Å². The highest BCUT2D eigenvalue weighted by Gasteiger charge is 2.09. The molecule has 1 atom stereocenters. The summed E-state index contributed by atoms with van der Waals surface area (Å²) >= 11 is 0. The first-order valence-electron chi connectivity index (χ1n) is 6.21. The molecule has 0 bridgehead atoms. The standard InChI is InChI=1S/C13H22N4O/c1-4-5-10(14)8-13(18)16-11-6-7-12(15-9-11)17(2)3/h6-7,9-10H,4-5,8,14H2,1-3H3,(H,16,18). The Balaban J connectivity index is 2.49. The Bertz CT molecular complexity index is 375. The van der Waals surface area contributed by atoms with Crippen molar-refractivity contribution in [2.45, 2.75) is 32.2 Å². The minimum absolute atomic E-state index is 0.0599. The Hall–Kier alpha value is -1.62. The average Bonchev–Trinajstić information content (AvgIpc) is 2.29. The number of rotatable bonds is 6. The van der Waals surface area contributed by atoms with Crippen molar-refractivity contribution >= 4 is 17.4 Å². The number of nitrogens with zero attached hydrogens (tertiary/aromatic N) is 2. The maximum Gasteiger partial charge on any atom is 0.225 e. The molecule has 1 unspecified atom stereocenters. The molecule has 1 aromatic heterocycles. The molecule has 0 saturated carbocycles. The summed E-state index contributed by atoms with van der Waals surface area (Å²) in [5.41, 5.74) is 6.52. The van der Waals surface area contributed by atoms with Gasteiger partial charge in [-0.25, -0.2) is 4.98 Å². The number of carbonyl (C=O) groups excluding carboxylic acids is 1. The van der Waals surface area contributed by atoms with E-state index < -0.39 is 0 Å². The number of nitrogens with two attached hydrogens (primary N) is 1. The molecule has 1 heterocycles. The zero-order chi connectivity index (χ0) is 13.5. The van der Waals surface area contributed by atoms with Crippen molar-refractivity contribution in [3.8, 4) is 0 Å². The topological polar surface area (TPSA) is 71.2 Å². The first-order chi connectivity index (χ1) is 8.52. The number of pyridine rings is 1. The van der Waals surface area contributed by atoms with Gasteiger partial charge in [-0.3, -0.25) is 4.79 Å². The Morgan fingerprint density at radius 1 is 1.50 bits per heavy atom. The van der Waals surface area contributed by atoms with Crippen LogP contribution in [0.4, 0.5) is 11.5 Å². The predicted octanol–water partition coefficient (Wildman–Crippen LogP) is 1.60. The summed E-state index contributed by atoms with van der Waals surface area (Å²) in [4.78, 5) is 17.8. The number of carbonyl (C=O) groups is 1. The molecular weight excluding hydrogens is 228 g/mol. The number of nitrogens with one attached hydrogen (secondary N) is 1. The van der Waals surface area contributed by atoms with Crippen LogP contribution in [0.1, 0.15) is 26.2 Å². The van der Waals surface area contributed by atoms with Gasteiger partial charge in [0.2, 0.25) is 5.91 Å². The highest BCUT2D eigenvalue weighted by atomic mass is 16.1. The molecule has 0 aliphatic heterocycles. The van der Waals surface area contributed by atoms with Gasteiger partial charge >= 0.3 is 0 Å². The van der Waals surface area contributed by atoms with E-state index in [-0.39, 0.29) is 11.9 Å². The van der Waals surface area contributed by atoms with Crippen LogP contribution in [0.25, 0.3) is 0 Å². The molecule has 1 rings (SSSR count). The minimum Gasteiger partial charge on any atom is -0.363 e. The Morgan fingerprint density at radius 2 is 2.22 bits per heavy atom. The summed E-state index contributed by atoms with van der Waals surface area (Å²) in [5, 5.41) is 2.80. The van der Waals surface area contributed by atoms with Crippen molar-refractivity contribution in [2.24, 2.45) is 5.73 Å². The zero-order valence-electron chi connectivity index (χ0n) is 11.3. The summed E-state index contributed by atoms with van der Waals surface area (Å²) in [6.45, 7) is 2.06. The first kappa shape index (κ1) is 14.4. The Labute approximate surface area is 108 Å². The van der Waals surface area contributed by atoms with Crippen LogP contribution in [-0.2, 0) is 4.79 Å². The van der Waals surface area contributed by atoms with Crippen LogP contribution < -0.4 is 16.0 Å². The van der Waals surface area contributed by atoms with Crippen molar-refractivity contribution in [3.05, 3.63) is 18.3 Å². The maximum absolute atomic E-state index is 11.7. The van der Waals surface area contributed by atoms with E-state index in [2.05, 4.69) is 17.2 Å². The molecule has 0 aromatic carbocycles. The van der Waals surface area contributed by atoms with Crippen molar-refractivity contribution in [1.29, 1.82) is 0 Å². The molecule has 5 nitrogen and oxygen atoms in total. The second kappa shape index (κ2) is 6.96. The quantitative estimate of drug-likeness (QED) is 0.804. The lowest BCUT2D eigenvalue weighted by Crippen LogP contribution is -2.26. The van der Waals surface area contributed by atoms with Gasteiger partial charge in [0.15, 0.2) is 0 Å². The van der Waals surface area contributed by atoms with Crippen LogP contribution in [0.3, 0.4) is 0 Å². The van der Waals surface area contributed by atoms with Crippen molar-refractivity contribution in [1.82, 2.24) is 4.98 Å². The fraction of sp³-hybridized carbons (Fsp3) is 0.538. The van der Waals surface area contributed by atoms with E-state index in [0.717, 1.165) is 18.7 Å². The highest BCUT2D eigenvalue weighted by molar-refractivity contribution is 5.90. The molecular formula is C13H22N4O.